The van der Waals surface area contributed by atoms with E-state index >= 15 is 0 Å². The Morgan fingerprint density at radius 2 is 1.80 bits per heavy atom. The summed E-state index contributed by atoms with van der Waals surface area (Å²) in [6.07, 6.45) is 15.5. The molecular formula is C29H32O. The highest BCUT2D eigenvalue weighted by molar-refractivity contribution is 5.88. The summed E-state index contributed by atoms with van der Waals surface area (Å²) in [6, 6.07) is 16.0. The first kappa shape index (κ1) is 21.8. The van der Waals surface area contributed by atoms with Crippen LogP contribution in [0.4, 0.5) is 0 Å². The van der Waals surface area contributed by atoms with Crippen molar-refractivity contribution in [2.75, 3.05) is 0 Å². The summed E-state index contributed by atoms with van der Waals surface area (Å²) in [5.41, 5.74) is 8.32. The highest BCUT2D eigenvalue weighted by Crippen LogP contribution is 2.40. The maximum absolute atomic E-state index is 11.4. The van der Waals surface area contributed by atoms with E-state index in [0.29, 0.717) is 5.56 Å². The van der Waals surface area contributed by atoms with Gasteiger partial charge in [-0.3, -0.25) is 4.79 Å². The molecule has 0 heterocycles. The number of carbonyl (C=O) groups is 1. The van der Waals surface area contributed by atoms with Gasteiger partial charge in [-0.25, -0.2) is 0 Å². The number of carbonyl (C=O) groups excluding carboxylic acids is 1. The van der Waals surface area contributed by atoms with E-state index in [9.17, 15) is 4.79 Å². The third-order valence-electron chi connectivity index (χ3n) is 5.99. The number of hydrogen-bond acceptors (Lipinski definition) is 1. The Balaban J connectivity index is 1.77. The van der Waals surface area contributed by atoms with Crippen LogP contribution in [0.25, 0.3) is 17.2 Å². The molecule has 0 saturated carbocycles. The molecule has 0 amide bonds. The molecule has 2 aromatic rings. The lowest BCUT2D eigenvalue weighted by Crippen LogP contribution is -2.19. The normalized spacial score (nSPS) is 17.1. The maximum Gasteiger partial charge on any atom is 0.150 e. The zero-order valence-electron chi connectivity index (χ0n) is 18.6. The predicted octanol–water partition coefficient (Wildman–Crippen LogP) is 8.21. The van der Waals surface area contributed by atoms with Gasteiger partial charge in [-0.05, 0) is 66.9 Å². The van der Waals surface area contributed by atoms with Crippen LogP contribution in [0.1, 0.15) is 62.9 Å². The number of allylic oxidation sites excluding steroid dienone is 7. The van der Waals surface area contributed by atoms with Crippen LogP contribution >= 0.6 is 0 Å². The van der Waals surface area contributed by atoms with Gasteiger partial charge in [0, 0.05) is 5.56 Å². The SMILES string of the molecule is CC1=C(/C=C/C(C)=C/C=C/c2ccc(C=O)c(-c3ccccc3)c2)C(C)(C)CCC1. The third-order valence-corrected chi connectivity index (χ3v) is 5.99. The van der Waals surface area contributed by atoms with Crippen molar-refractivity contribution in [3.8, 4) is 11.1 Å². The van der Waals surface area contributed by atoms with Gasteiger partial charge < -0.3 is 0 Å². The van der Waals surface area contributed by atoms with E-state index in [0.717, 1.165) is 23.0 Å². The van der Waals surface area contributed by atoms with Crippen LogP contribution in [0, 0.1) is 5.41 Å². The van der Waals surface area contributed by atoms with E-state index in [1.165, 1.54) is 36.0 Å². The smallest absolute Gasteiger partial charge is 0.150 e. The molecule has 0 N–H and O–H groups in total. The quantitative estimate of drug-likeness (QED) is 0.355. The molecule has 1 nitrogen and oxygen atoms in total. The van der Waals surface area contributed by atoms with Crippen molar-refractivity contribution in [2.24, 2.45) is 5.41 Å². The molecular weight excluding hydrogens is 364 g/mol. The molecule has 0 atom stereocenters. The maximum atomic E-state index is 11.4. The fraction of sp³-hybridized carbons (Fsp3) is 0.276. The van der Waals surface area contributed by atoms with Crippen molar-refractivity contribution < 1.29 is 4.79 Å². The largest absolute Gasteiger partial charge is 0.298 e. The lowest BCUT2D eigenvalue weighted by atomic mass is 9.72. The second-order valence-electron chi connectivity index (χ2n) is 8.87. The van der Waals surface area contributed by atoms with E-state index in [1.807, 2.05) is 42.5 Å². The molecule has 2 aromatic carbocycles. The highest BCUT2D eigenvalue weighted by Gasteiger charge is 2.26. The van der Waals surface area contributed by atoms with Crippen molar-refractivity contribution in [1.82, 2.24) is 0 Å². The number of hydrogen-bond donors (Lipinski definition) is 0. The van der Waals surface area contributed by atoms with E-state index in [2.05, 4.69) is 64.1 Å². The molecule has 1 aliphatic carbocycles. The molecule has 3 rings (SSSR count). The molecule has 1 heteroatoms. The summed E-state index contributed by atoms with van der Waals surface area (Å²) in [5.74, 6) is 0. The monoisotopic (exact) mass is 396 g/mol. The number of aldehydes is 1. The van der Waals surface area contributed by atoms with Gasteiger partial charge in [0.2, 0.25) is 0 Å². The van der Waals surface area contributed by atoms with Crippen LogP contribution in [0.15, 0.2) is 89.6 Å². The predicted molar refractivity (Wildman–Crippen MR) is 130 cm³/mol. The summed E-state index contributed by atoms with van der Waals surface area (Å²) in [6.45, 7) is 9.10. The van der Waals surface area contributed by atoms with Crippen LogP contribution in [-0.2, 0) is 0 Å². The minimum Gasteiger partial charge on any atom is -0.298 e. The molecule has 0 fully saturated rings. The van der Waals surface area contributed by atoms with Gasteiger partial charge in [0.15, 0.2) is 6.29 Å². The minimum absolute atomic E-state index is 0.267. The van der Waals surface area contributed by atoms with Crippen molar-refractivity contribution in [1.29, 1.82) is 0 Å². The van der Waals surface area contributed by atoms with Gasteiger partial charge in [-0.1, -0.05) is 97.8 Å². The minimum atomic E-state index is 0.267. The second kappa shape index (κ2) is 9.71. The zero-order chi connectivity index (χ0) is 21.6. The summed E-state index contributed by atoms with van der Waals surface area (Å²) in [7, 11) is 0. The fourth-order valence-corrected chi connectivity index (χ4v) is 4.24. The Kier molecular flexibility index (Phi) is 7.05. The Morgan fingerprint density at radius 1 is 1.03 bits per heavy atom. The molecule has 0 aromatic heterocycles. The Hall–Kier alpha value is -2.93. The molecule has 1 aliphatic rings. The summed E-state index contributed by atoms with van der Waals surface area (Å²) < 4.78 is 0. The number of benzene rings is 2. The molecule has 0 aliphatic heterocycles. The van der Waals surface area contributed by atoms with Crippen LogP contribution in [-0.4, -0.2) is 6.29 Å². The van der Waals surface area contributed by atoms with Crippen LogP contribution < -0.4 is 0 Å². The lowest BCUT2D eigenvalue weighted by molar-refractivity contribution is 0.112. The summed E-state index contributed by atoms with van der Waals surface area (Å²) >= 11 is 0. The summed E-state index contributed by atoms with van der Waals surface area (Å²) in [4.78, 5) is 11.4. The van der Waals surface area contributed by atoms with Crippen molar-refractivity contribution in [2.45, 2.75) is 47.0 Å². The van der Waals surface area contributed by atoms with Crippen LogP contribution in [0.3, 0.4) is 0 Å². The van der Waals surface area contributed by atoms with E-state index < -0.39 is 0 Å². The molecule has 0 spiro atoms. The van der Waals surface area contributed by atoms with Crippen LogP contribution in [0.2, 0.25) is 0 Å². The average molecular weight is 397 g/mol. The van der Waals surface area contributed by atoms with Crippen molar-refractivity contribution >= 4 is 12.4 Å². The van der Waals surface area contributed by atoms with Crippen molar-refractivity contribution in [3.05, 3.63) is 101 Å². The Labute approximate surface area is 181 Å². The van der Waals surface area contributed by atoms with Gasteiger partial charge in [0.05, 0.1) is 0 Å². The average Bonchev–Trinajstić information content (AvgIpc) is 2.73. The summed E-state index contributed by atoms with van der Waals surface area (Å²) in [5, 5.41) is 0. The Morgan fingerprint density at radius 3 is 2.50 bits per heavy atom. The Bertz CT molecular complexity index is 1010. The first-order valence-electron chi connectivity index (χ1n) is 10.8. The fourth-order valence-electron chi connectivity index (χ4n) is 4.24. The van der Waals surface area contributed by atoms with E-state index in [4.69, 9.17) is 0 Å². The third kappa shape index (κ3) is 5.36. The second-order valence-corrected chi connectivity index (χ2v) is 8.87. The van der Waals surface area contributed by atoms with Gasteiger partial charge in [-0.15, -0.1) is 0 Å². The number of rotatable bonds is 6. The molecule has 0 bridgehead atoms. The van der Waals surface area contributed by atoms with Gasteiger partial charge in [0.25, 0.3) is 0 Å². The standard InChI is InChI=1S/C29H32O/c1-22(15-18-28-23(2)11-9-19-29(28,3)4)10-8-12-24-16-17-26(21-30)27(20-24)25-13-6-5-7-14-25/h5-8,10,12-18,20-21H,9,11,19H2,1-4H3/b12-8+,18-15+,22-10+. The first-order chi connectivity index (χ1) is 14.4. The lowest BCUT2D eigenvalue weighted by Gasteiger charge is -2.32. The molecule has 0 saturated heterocycles. The molecule has 0 unspecified atom stereocenters. The molecule has 0 radical (unpaired) electrons. The molecule has 154 valence electrons. The van der Waals surface area contributed by atoms with Gasteiger partial charge >= 0.3 is 0 Å². The highest BCUT2D eigenvalue weighted by atomic mass is 16.1. The molecule has 30 heavy (non-hydrogen) atoms. The van der Waals surface area contributed by atoms with E-state index in [-0.39, 0.29) is 5.41 Å². The zero-order valence-corrected chi connectivity index (χ0v) is 18.6. The van der Waals surface area contributed by atoms with Crippen molar-refractivity contribution in [3.63, 3.8) is 0 Å². The van der Waals surface area contributed by atoms with Crippen LogP contribution in [0.5, 0.6) is 0 Å². The first-order valence-corrected chi connectivity index (χ1v) is 10.8. The van der Waals surface area contributed by atoms with E-state index in [1.54, 1.807) is 0 Å². The van der Waals surface area contributed by atoms with Gasteiger partial charge in [0.1, 0.15) is 0 Å². The topological polar surface area (TPSA) is 17.1 Å². The van der Waals surface area contributed by atoms with Gasteiger partial charge in [-0.2, -0.15) is 0 Å².